The zero-order valence-electron chi connectivity index (χ0n) is 15.5. The molecular weight excluding hydrogens is 332 g/mol. The van der Waals surface area contributed by atoms with E-state index in [-0.39, 0.29) is 17.2 Å². The lowest BCUT2D eigenvalue weighted by Gasteiger charge is -2.18. The first kappa shape index (κ1) is 19.4. The van der Waals surface area contributed by atoms with Gasteiger partial charge in [0.25, 0.3) is 11.5 Å². The minimum Gasteiger partial charge on any atom is -0.326 e. The lowest BCUT2D eigenvalue weighted by atomic mass is 9.95. The molecule has 0 fully saturated rings. The van der Waals surface area contributed by atoms with E-state index in [2.05, 4.69) is 15.7 Å². The van der Waals surface area contributed by atoms with Crippen LogP contribution < -0.4 is 16.2 Å². The number of carbonyl (C=O) groups is 2. The molecule has 2 rings (SSSR count). The number of nitrogens with zero attached hydrogens (tertiary/aromatic N) is 2. The number of amides is 2. The summed E-state index contributed by atoms with van der Waals surface area (Å²) >= 11 is 0. The summed E-state index contributed by atoms with van der Waals surface area (Å²) in [5, 5.41) is 9.63. The number of carbonyl (C=O) groups excluding carboxylic acids is 2. The lowest BCUT2D eigenvalue weighted by molar-refractivity contribution is -0.123. The largest absolute Gasteiger partial charge is 0.326 e. The molecule has 0 radical (unpaired) electrons. The average Bonchev–Trinajstić information content (AvgIpc) is 2.56. The molecule has 2 N–H and O–H groups in total. The standard InChI is InChI=1S/C19H24N4O3/c1-5-11-23-16(24)10-9-15(22-23)17(25)20-13-7-6-8-14(12-13)21-18(26)19(2,3)4/h6-10,12H,5,11H2,1-4H3,(H,20,25)(H,21,26). The Labute approximate surface area is 152 Å². The number of aromatic nitrogens is 2. The van der Waals surface area contributed by atoms with Crippen LogP contribution in [-0.2, 0) is 11.3 Å². The first-order valence-corrected chi connectivity index (χ1v) is 8.51. The second kappa shape index (κ2) is 7.95. The van der Waals surface area contributed by atoms with Gasteiger partial charge in [-0.15, -0.1) is 0 Å². The number of nitrogens with one attached hydrogen (secondary N) is 2. The predicted octanol–water partition coefficient (Wildman–Crippen LogP) is 2.89. The Morgan fingerprint density at radius 3 is 2.35 bits per heavy atom. The van der Waals surface area contributed by atoms with Crippen molar-refractivity contribution in [2.75, 3.05) is 10.6 Å². The van der Waals surface area contributed by atoms with E-state index in [0.29, 0.717) is 17.9 Å². The maximum Gasteiger partial charge on any atom is 0.276 e. The molecule has 26 heavy (non-hydrogen) atoms. The third-order valence-electron chi connectivity index (χ3n) is 3.59. The van der Waals surface area contributed by atoms with E-state index in [1.54, 1.807) is 24.3 Å². The highest BCUT2D eigenvalue weighted by atomic mass is 16.2. The van der Waals surface area contributed by atoms with Gasteiger partial charge in [-0.3, -0.25) is 14.4 Å². The molecule has 0 aliphatic heterocycles. The van der Waals surface area contributed by atoms with Crippen LogP contribution in [0.1, 0.15) is 44.6 Å². The van der Waals surface area contributed by atoms with Gasteiger partial charge in [0.05, 0.1) is 0 Å². The van der Waals surface area contributed by atoms with Gasteiger partial charge in [-0.2, -0.15) is 5.10 Å². The summed E-state index contributed by atoms with van der Waals surface area (Å²) in [6, 6.07) is 9.60. The summed E-state index contributed by atoms with van der Waals surface area (Å²) in [6.07, 6.45) is 0.744. The molecule has 1 aromatic carbocycles. The van der Waals surface area contributed by atoms with Crippen molar-refractivity contribution in [1.29, 1.82) is 0 Å². The van der Waals surface area contributed by atoms with Gasteiger partial charge in [0.2, 0.25) is 5.91 Å². The van der Waals surface area contributed by atoms with Crippen molar-refractivity contribution in [2.24, 2.45) is 5.41 Å². The smallest absolute Gasteiger partial charge is 0.276 e. The highest BCUT2D eigenvalue weighted by Gasteiger charge is 2.21. The Hall–Kier alpha value is -2.96. The summed E-state index contributed by atoms with van der Waals surface area (Å²) in [6.45, 7) is 7.85. The van der Waals surface area contributed by atoms with Gasteiger partial charge in [-0.1, -0.05) is 33.8 Å². The predicted molar refractivity (Wildman–Crippen MR) is 101 cm³/mol. The highest BCUT2D eigenvalue weighted by molar-refractivity contribution is 6.03. The second-order valence-corrected chi connectivity index (χ2v) is 7.02. The van der Waals surface area contributed by atoms with Crippen molar-refractivity contribution in [3.8, 4) is 0 Å². The topological polar surface area (TPSA) is 93.1 Å². The maximum absolute atomic E-state index is 12.4. The fourth-order valence-corrected chi connectivity index (χ4v) is 2.13. The third kappa shape index (κ3) is 5.02. The first-order chi connectivity index (χ1) is 12.2. The van der Waals surface area contributed by atoms with E-state index in [1.807, 2.05) is 27.7 Å². The minimum atomic E-state index is -0.518. The zero-order valence-corrected chi connectivity index (χ0v) is 15.5. The molecule has 0 spiro atoms. The van der Waals surface area contributed by atoms with Crippen LogP contribution in [0.3, 0.4) is 0 Å². The number of benzene rings is 1. The van der Waals surface area contributed by atoms with Gasteiger partial charge in [-0.25, -0.2) is 4.68 Å². The SMILES string of the molecule is CCCn1nc(C(=O)Nc2cccc(NC(=O)C(C)(C)C)c2)ccc1=O. The maximum atomic E-state index is 12.4. The van der Waals surface area contributed by atoms with Crippen molar-refractivity contribution in [2.45, 2.75) is 40.7 Å². The van der Waals surface area contributed by atoms with Crippen LogP contribution in [0.25, 0.3) is 0 Å². The van der Waals surface area contributed by atoms with E-state index in [1.165, 1.54) is 16.8 Å². The van der Waals surface area contributed by atoms with Gasteiger partial charge in [-0.05, 0) is 30.7 Å². The second-order valence-electron chi connectivity index (χ2n) is 7.02. The summed E-state index contributed by atoms with van der Waals surface area (Å²) in [5.74, 6) is -0.538. The number of hydrogen-bond donors (Lipinski definition) is 2. The van der Waals surface area contributed by atoms with E-state index < -0.39 is 11.3 Å². The average molecular weight is 356 g/mol. The molecule has 0 bridgehead atoms. The highest BCUT2D eigenvalue weighted by Crippen LogP contribution is 2.20. The summed E-state index contributed by atoms with van der Waals surface area (Å²) in [4.78, 5) is 36.2. The van der Waals surface area contributed by atoms with E-state index in [9.17, 15) is 14.4 Å². The molecule has 138 valence electrons. The van der Waals surface area contributed by atoms with Crippen molar-refractivity contribution < 1.29 is 9.59 Å². The lowest BCUT2D eigenvalue weighted by Crippen LogP contribution is -2.27. The number of rotatable bonds is 5. The van der Waals surface area contributed by atoms with Crippen LogP contribution in [0.15, 0.2) is 41.2 Å². The molecule has 0 atom stereocenters. The molecule has 0 saturated carbocycles. The Morgan fingerprint density at radius 2 is 1.73 bits per heavy atom. The molecule has 0 aliphatic carbocycles. The van der Waals surface area contributed by atoms with Crippen LogP contribution in [0.4, 0.5) is 11.4 Å². The molecule has 7 nitrogen and oxygen atoms in total. The van der Waals surface area contributed by atoms with Gasteiger partial charge in [0.15, 0.2) is 0 Å². The molecular formula is C19H24N4O3. The normalized spacial score (nSPS) is 11.1. The summed E-state index contributed by atoms with van der Waals surface area (Å²) < 4.78 is 1.27. The number of aryl methyl sites for hydroxylation is 1. The summed E-state index contributed by atoms with van der Waals surface area (Å²) in [7, 11) is 0. The van der Waals surface area contributed by atoms with E-state index in [4.69, 9.17) is 0 Å². The van der Waals surface area contributed by atoms with Gasteiger partial charge in [0.1, 0.15) is 5.69 Å². The summed E-state index contributed by atoms with van der Waals surface area (Å²) in [5.41, 5.74) is 0.511. The number of anilines is 2. The van der Waals surface area contributed by atoms with E-state index >= 15 is 0 Å². The molecule has 0 saturated heterocycles. The van der Waals surface area contributed by atoms with Crippen molar-refractivity contribution in [1.82, 2.24) is 9.78 Å². The molecule has 0 unspecified atom stereocenters. The van der Waals surface area contributed by atoms with E-state index in [0.717, 1.165) is 6.42 Å². The number of hydrogen-bond acceptors (Lipinski definition) is 4. The Balaban J connectivity index is 2.15. The first-order valence-electron chi connectivity index (χ1n) is 8.51. The van der Waals surface area contributed by atoms with Crippen LogP contribution in [-0.4, -0.2) is 21.6 Å². The minimum absolute atomic E-state index is 0.116. The van der Waals surface area contributed by atoms with Crippen LogP contribution in [0.5, 0.6) is 0 Å². The van der Waals surface area contributed by atoms with Crippen molar-refractivity contribution in [3.05, 3.63) is 52.4 Å². The molecule has 0 aliphatic rings. The monoisotopic (exact) mass is 356 g/mol. The molecule has 2 aromatic rings. The van der Waals surface area contributed by atoms with Crippen LogP contribution in [0, 0.1) is 5.41 Å². The fourth-order valence-electron chi connectivity index (χ4n) is 2.13. The quantitative estimate of drug-likeness (QED) is 0.861. The Bertz CT molecular complexity index is 866. The molecule has 1 aromatic heterocycles. The molecule has 1 heterocycles. The zero-order chi connectivity index (χ0) is 19.3. The third-order valence-corrected chi connectivity index (χ3v) is 3.59. The Kier molecular flexibility index (Phi) is 5.92. The molecule has 2 amide bonds. The van der Waals surface area contributed by atoms with Gasteiger partial charge < -0.3 is 10.6 Å². The van der Waals surface area contributed by atoms with Crippen LogP contribution >= 0.6 is 0 Å². The Morgan fingerprint density at radius 1 is 1.08 bits per heavy atom. The van der Waals surface area contributed by atoms with Crippen molar-refractivity contribution >= 4 is 23.2 Å². The van der Waals surface area contributed by atoms with Gasteiger partial charge in [0, 0.05) is 29.4 Å². The van der Waals surface area contributed by atoms with Gasteiger partial charge >= 0.3 is 0 Å². The van der Waals surface area contributed by atoms with Crippen molar-refractivity contribution in [3.63, 3.8) is 0 Å². The fraction of sp³-hybridized carbons (Fsp3) is 0.368. The van der Waals surface area contributed by atoms with Crippen LogP contribution in [0.2, 0.25) is 0 Å². The molecule has 7 heteroatoms.